The fourth-order valence-electron chi connectivity index (χ4n) is 2.83. The van der Waals surface area contributed by atoms with E-state index in [9.17, 15) is 0 Å². The van der Waals surface area contributed by atoms with Crippen LogP contribution in [0.2, 0.25) is 0 Å². The molecule has 0 saturated carbocycles. The van der Waals surface area contributed by atoms with Crippen LogP contribution in [0.25, 0.3) is 0 Å². The maximum absolute atomic E-state index is 3.75. The van der Waals surface area contributed by atoms with E-state index in [4.69, 9.17) is 0 Å². The van der Waals surface area contributed by atoms with Crippen LogP contribution in [0.3, 0.4) is 0 Å². The average Bonchev–Trinajstić information content (AvgIpc) is 2.28. The summed E-state index contributed by atoms with van der Waals surface area (Å²) in [6.07, 6.45) is 2.48. The van der Waals surface area contributed by atoms with Gasteiger partial charge in [0.25, 0.3) is 0 Å². The second-order valence-electron chi connectivity index (χ2n) is 6.73. The molecule has 0 aromatic rings. The fraction of sp³-hybridized carbons (Fsp3) is 1.00. The SMILES string of the molecule is CCC1(C)CN(CCCN(C)C)C(C(C)C)CN1. The van der Waals surface area contributed by atoms with Crippen molar-refractivity contribution in [2.24, 2.45) is 5.92 Å². The quantitative estimate of drug-likeness (QED) is 0.783. The van der Waals surface area contributed by atoms with Crippen molar-refractivity contribution in [1.82, 2.24) is 15.1 Å². The number of rotatable bonds is 6. The molecule has 1 aliphatic rings. The Balaban J connectivity index is 2.55. The molecule has 1 rings (SSSR count). The molecule has 1 fully saturated rings. The van der Waals surface area contributed by atoms with Gasteiger partial charge in [0.1, 0.15) is 0 Å². The van der Waals surface area contributed by atoms with E-state index in [-0.39, 0.29) is 0 Å². The highest BCUT2D eigenvalue weighted by Crippen LogP contribution is 2.22. The van der Waals surface area contributed by atoms with Gasteiger partial charge in [-0.05, 0) is 52.9 Å². The van der Waals surface area contributed by atoms with Crippen molar-refractivity contribution in [1.29, 1.82) is 0 Å². The lowest BCUT2D eigenvalue weighted by atomic mass is 9.90. The summed E-state index contributed by atoms with van der Waals surface area (Å²) in [5, 5.41) is 3.75. The van der Waals surface area contributed by atoms with Crippen LogP contribution in [0.4, 0.5) is 0 Å². The van der Waals surface area contributed by atoms with Gasteiger partial charge in [-0.1, -0.05) is 20.8 Å². The lowest BCUT2D eigenvalue weighted by Gasteiger charge is -2.47. The Hall–Kier alpha value is -0.120. The summed E-state index contributed by atoms with van der Waals surface area (Å²) in [5.74, 6) is 0.735. The van der Waals surface area contributed by atoms with Crippen molar-refractivity contribution < 1.29 is 0 Å². The molecule has 1 heterocycles. The van der Waals surface area contributed by atoms with Crippen LogP contribution >= 0.6 is 0 Å². The fourth-order valence-corrected chi connectivity index (χ4v) is 2.83. The third-order valence-corrected chi connectivity index (χ3v) is 4.36. The lowest BCUT2D eigenvalue weighted by molar-refractivity contribution is 0.0579. The van der Waals surface area contributed by atoms with E-state index in [2.05, 4.69) is 56.9 Å². The topological polar surface area (TPSA) is 18.5 Å². The second kappa shape index (κ2) is 6.88. The van der Waals surface area contributed by atoms with Crippen molar-refractivity contribution in [2.45, 2.75) is 52.1 Å². The third kappa shape index (κ3) is 4.52. The standard InChI is InChI=1S/C15H33N3/c1-7-15(4)12-18(10-8-9-17(5)6)14(11-16-15)13(2)3/h13-14,16H,7-12H2,1-6H3. The monoisotopic (exact) mass is 255 g/mol. The van der Waals surface area contributed by atoms with Gasteiger partial charge in [-0.3, -0.25) is 4.90 Å². The van der Waals surface area contributed by atoms with Crippen molar-refractivity contribution >= 4 is 0 Å². The highest BCUT2D eigenvalue weighted by molar-refractivity contribution is 4.95. The molecule has 0 amide bonds. The maximum atomic E-state index is 3.75. The normalized spacial score (nSPS) is 30.3. The molecular formula is C15H33N3. The molecule has 0 bridgehead atoms. The Morgan fingerprint density at radius 2 is 2.06 bits per heavy atom. The summed E-state index contributed by atoms with van der Waals surface area (Å²) in [6, 6.07) is 0.701. The van der Waals surface area contributed by atoms with Gasteiger partial charge in [-0.2, -0.15) is 0 Å². The van der Waals surface area contributed by atoms with Crippen LogP contribution in [0.1, 0.15) is 40.5 Å². The van der Waals surface area contributed by atoms with Gasteiger partial charge in [0.2, 0.25) is 0 Å². The van der Waals surface area contributed by atoms with Crippen molar-refractivity contribution in [3.63, 3.8) is 0 Å². The van der Waals surface area contributed by atoms with Crippen LogP contribution in [0.5, 0.6) is 0 Å². The molecule has 2 unspecified atom stereocenters. The Labute approximate surface area is 114 Å². The number of piperazine rings is 1. The highest BCUT2D eigenvalue weighted by atomic mass is 15.3. The first kappa shape index (κ1) is 15.9. The molecule has 2 atom stereocenters. The van der Waals surface area contributed by atoms with Gasteiger partial charge in [-0.15, -0.1) is 0 Å². The largest absolute Gasteiger partial charge is 0.309 e. The summed E-state index contributed by atoms with van der Waals surface area (Å²) in [6.45, 7) is 14.1. The minimum Gasteiger partial charge on any atom is -0.309 e. The van der Waals surface area contributed by atoms with Crippen LogP contribution in [0, 0.1) is 5.92 Å². The smallest absolute Gasteiger partial charge is 0.0278 e. The molecule has 108 valence electrons. The predicted molar refractivity (Wildman–Crippen MR) is 80.1 cm³/mol. The summed E-state index contributed by atoms with van der Waals surface area (Å²) < 4.78 is 0. The van der Waals surface area contributed by atoms with E-state index in [1.165, 1.54) is 32.5 Å². The van der Waals surface area contributed by atoms with E-state index in [0.29, 0.717) is 11.6 Å². The molecule has 1 N–H and O–H groups in total. The minimum absolute atomic E-state index is 0.309. The van der Waals surface area contributed by atoms with E-state index >= 15 is 0 Å². The first-order valence-electron chi connectivity index (χ1n) is 7.52. The van der Waals surface area contributed by atoms with Crippen molar-refractivity contribution in [2.75, 3.05) is 40.3 Å². The Morgan fingerprint density at radius 1 is 1.39 bits per heavy atom. The van der Waals surface area contributed by atoms with Crippen LogP contribution in [-0.4, -0.2) is 61.7 Å². The molecular weight excluding hydrogens is 222 g/mol. The molecule has 1 aliphatic heterocycles. The Kier molecular flexibility index (Phi) is 6.09. The van der Waals surface area contributed by atoms with Crippen molar-refractivity contribution in [3.05, 3.63) is 0 Å². The van der Waals surface area contributed by atoms with Gasteiger partial charge in [0.05, 0.1) is 0 Å². The summed E-state index contributed by atoms with van der Waals surface area (Å²) >= 11 is 0. The van der Waals surface area contributed by atoms with Gasteiger partial charge < -0.3 is 10.2 Å². The zero-order valence-corrected chi connectivity index (χ0v) is 13.3. The van der Waals surface area contributed by atoms with E-state index in [1.54, 1.807) is 0 Å². The van der Waals surface area contributed by atoms with Crippen LogP contribution in [-0.2, 0) is 0 Å². The molecule has 3 heteroatoms. The summed E-state index contributed by atoms with van der Waals surface area (Å²) in [5.41, 5.74) is 0.309. The third-order valence-electron chi connectivity index (χ3n) is 4.36. The van der Waals surface area contributed by atoms with E-state index in [0.717, 1.165) is 12.5 Å². The zero-order valence-electron chi connectivity index (χ0n) is 13.3. The average molecular weight is 255 g/mol. The van der Waals surface area contributed by atoms with Crippen molar-refractivity contribution in [3.8, 4) is 0 Å². The molecule has 18 heavy (non-hydrogen) atoms. The van der Waals surface area contributed by atoms with E-state index < -0.39 is 0 Å². The number of hydrogen-bond donors (Lipinski definition) is 1. The molecule has 3 nitrogen and oxygen atoms in total. The molecule has 0 radical (unpaired) electrons. The minimum atomic E-state index is 0.309. The first-order valence-corrected chi connectivity index (χ1v) is 7.52. The molecule has 0 aromatic heterocycles. The number of nitrogens with one attached hydrogen (secondary N) is 1. The van der Waals surface area contributed by atoms with E-state index in [1.807, 2.05) is 0 Å². The first-order chi connectivity index (χ1) is 8.38. The molecule has 0 aromatic carbocycles. The second-order valence-corrected chi connectivity index (χ2v) is 6.73. The van der Waals surface area contributed by atoms with Gasteiger partial charge >= 0.3 is 0 Å². The molecule has 1 saturated heterocycles. The summed E-state index contributed by atoms with van der Waals surface area (Å²) in [7, 11) is 4.32. The van der Waals surface area contributed by atoms with Gasteiger partial charge in [0.15, 0.2) is 0 Å². The Morgan fingerprint density at radius 3 is 2.56 bits per heavy atom. The molecule has 0 aliphatic carbocycles. The van der Waals surface area contributed by atoms with Gasteiger partial charge in [-0.25, -0.2) is 0 Å². The summed E-state index contributed by atoms with van der Waals surface area (Å²) in [4.78, 5) is 5.00. The predicted octanol–water partition coefficient (Wildman–Crippen LogP) is 2.04. The van der Waals surface area contributed by atoms with Crippen LogP contribution in [0.15, 0.2) is 0 Å². The van der Waals surface area contributed by atoms with Crippen LogP contribution < -0.4 is 5.32 Å². The number of nitrogens with zero attached hydrogens (tertiary/aromatic N) is 2. The van der Waals surface area contributed by atoms with Gasteiger partial charge in [0, 0.05) is 24.7 Å². The lowest BCUT2D eigenvalue weighted by Crippen LogP contribution is -2.64. The highest BCUT2D eigenvalue weighted by Gasteiger charge is 2.35. The maximum Gasteiger partial charge on any atom is 0.0278 e. The number of hydrogen-bond acceptors (Lipinski definition) is 3. The Bertz CT molecular complexity index is 240. The molecule has 0 spiro atoms. The zero-order chi connectivity index (χ0) is 13.8.